The molecule has 1 saturated carbocycles. The summed E-state index contributed by atoms with van der Waals surface area (Å²) in [6, 6.07) is 5.26. The lowest BCUT2D eigenvalue weighted by Gasteiger charge is -2.44. The molecule has 1 aromatic rings. The number of carboxylic acids is 1. The third-order valence-electron chi connectivity index (χ3n) is 5.19. The Morgan fingerprint density at radius 1 is 1.29 bits per heavy atom. The van der Waals surface area contributed by atoms with Crippen LogP contribution < -0.4 is 0 Å². The number of hydrogen-bond donors (Lipinski definition) is 1. The van der Waals surface area contributed by atoms with Crippen molar-refractivity contribution in [3.05, 3.63) is 34.9 Å². The predicted octanol–water partition coefficient (Wildman–Crippen LogP) is 2.85. The minimum atomic E-state index is -0.912. The number of benzene rings is 1. The van der Waals surface area contributed by atoms with Crippen molar-refractivity contribution in [1.29, 1.82) is 0 Å². The van der Waals surface area contributed by atoms with Crippen LogP contribution in [0.5, 0.6) is 0 Å². The number of aromatic carboxylic acids is 1. The molecule has 0 aromatic heterocycles. The predicted molar refractivity (Wildman–Crippen MR) is 79.1 cm³/mol. The summed E-state index contributed by atoms with van der Waals surface area (Å²) in [5.74, 6) is -0.645. The second-order valence-corrected chi connectivity index (χ2v) is 6.25. The van der Waals surface area contributed by atoms with Crippen molar-refractivity contribution in [2.75, 3.05) is 6.54 Å². The fraction of sp³-hybridized carbons (Fsp3) is 0.529. The van der Waals surface area contributed by atoms with E-state index in [1.807, 2.05) is 11.0 Å². The maximum Gasteiger partial charge on any atom is 0.335 e. The van der Waals surface area contributed by atoms with Gasteiger partial charge in [-0.05, 0) is 48.9 Å². The van der Waals surface area contributed by atoms with Crippen LogP contribution in [0.3, 0.4) is 0 Å². The first-order valence-corrected chi connectivity index (χ1v) is 7.70. The molecule has 112 valence electrons. The number of amides is 1. The molecule has 1 aliphatic heterocycles. The molecule has 1 N–H and O–H groups in total. The van der Waals surface area contributed by atoms with Gasteiger partial charge in [0, 0.05) is 18.5 Å². The molecule has 1 aromatic carbocycles. The van der Waals surface area contributed by atoms with Crippen LogP contribution >= 0.6 is 0 Å². The van der Waals surface area contributed by atoms with Gasteiger partial charge in [0.05, 0.1) is 5.56 Å². The molecule has 1 heterocycles. The maximum atomic E-state index is 12.8. The van der Waals surface area contributed by atoms with Crippen LogP contribution in [0.15, 0.2) is 18.2 Å². The SMILES string of the molecule is CCC1(C(=O)N2CCc3ccc(C(=O)O)cc3C2)CCC1. The third-order valence-corrected chi connectivity index (χ3v) is 5.19. The van der Waals surface area contributed by atoms with Crippen molar-refractivity contribution < 1.29 is 14.7 Å². The Bertz CT molecular complexity index is 584. The summed E-state index contributed by atoms with van der Waals surface area (Å²) in [4.78, 5) is 25.8. The van der Waals surface area contributed by atoms with Gasteiger partial charge in [0.25, 0.3) is 0 Å². The number of carboxylic acid groups (broad SMARTS) is 1. The van der Waals surface area contributed by atoms with Crippen LogP contribution in [-0.4, -0.2) is 28.4 Å². The smallest absolute Gasteiger partial charge is 0.335 e. The Kier molecular flexibility index (Phi) is 3.47. The van der Waals surface area contributed by atoms with Gasteiger partial charge in [-0.15, -0.1) is 0 Å². The fourth-order valence-electron chi connectivity index (χ4n) is 3.52. The summed E-state index contributed by atoms with van der Waals surface area (Å²) in [5.41, 5.74) is 2.32. The van der Waals surface area contributed by atoms with Crippen molar-refractivity contribution in [3.63, 3.8) is 0 Å². The maximum absolute atomic E-state index is 12.8. The molecule has 0 bridgehead atoms. The van der Waals surface area contributed by atoms with Gasteiger partial charge < -0.3 is 10.0 Å². The standard InChI is InChI=1S/C17H21NO3/c1-2-17(7-3-8-17)16(21)18-9-6-12-4-5-13(15(19)20)10-14(12)11-18/h4-5,10H,2-3,6-9,11H2,1H3,(H,19,20). The highest BCUT2D eigenvalue weighted by Crippen LogP contribution is 2.45. The van der Waals surface area contributed by atoms with Crippen LogP contribution in [0.1, 0.15) is 54.1 Å². The highest BCUT2D eigenvalue weighted by molar-refractivity contribution is 5.88. The number of hydrogen-bond acceptors (Lipinski definition) is 2. The summed E-state index contributed by atoms with van der Waals surface area (Å²) < 4.78 is 0. The van der Waals surface area contributed by atoms with Crippen LogP contribution in [0.25, 0.3) is 0 Å². The number of nitrogens with zero attached hydrogens (tertiary/aromatic N) is 1. The Balaban J connectivity index is 1.82. The zero-order valence-corrected chi connectivity index (χ0v) is 12.4. The van der Waals surface area contributed by atoms with Gasteiger partial charge in [0.15, 0.2) is 0 Å². The third kappa shape index (κ3) is 2.33. The monoisotopic (exact) mass is 287 g/mol. The first-order valence-electron chi connectivity index (χ1n) is 7.70. The average molecular weight is 287 g/mol. The number of carbonyl (C=O) groups excluding carboxylic acids is 1. The molecule has 1 amide bonds. The van der Waals surface area contributed by atoms with Gasteiger partial charge >= 0.3 is 5.97 Å². The molecule has 0 atom stereocenters. The lowest BCUT2D eigenvalue weighted by atomic mass is 9.66. The molecule has 21 heavy (non-hydrogen) atoms. The van der Waals surface area contributed by atoms with E-state index in [4.69, 9.17) is 5.11 Å². The van der Waals surface area contributed by atoms with E-state index in [9.17, 15) is 9.59 Å². The summed E-state index contributed by atoms with van der Waals surface area (Å²) in [7, 11) is 0. The van der Waals surface area contributed by atoms with Crippen molar-refractivity contribution in [3.8, 4) is 0 Å². The molecule has 3 rings (SSSR count). The first-order chi connectivity index (χ1) is 10.1. The van der Waals surface area contributed by atoms with E-state index in [1.54, 1.807) is 12.1 Å². The molecular formula is C17H21NO3. The lowest BCUT2D eigenvalue weighted by Crippen LogP contribution is -2.49. The molecule has 1 aliphatic carbocycles. The molecule has 4 nitrogen and oxygen atoms in total. The number of carbonyl (C=O) groups is 2. The second-order valence-electron chi connectivity index (χ2n) is 6.25. The normalized spacial score (nSPS) is 19.6. The Morgan fingerprint density at radius 2 is 2.05 bits per heavy atom. The highest BCUT2D eigenvalue weighted by atomic mass is 16.4. The molecule has 2 aliphatic rings. The molecule has 0 saturated heterocycles. The van der Waals surface area contributed by atoms with Crippen LogP contribution in [-0.2, 0) is 17.8 Å². The Morgan fingerprint density at radius 3 is 2.62 bits per heavy atom. The van der Waals surface area contributed by atoms with Gasteiger partial charge in [-0.25, -0.2) is 4.79 Å². The van der Waals surface area contributed by atoms with Gasteiger partial charge in [-0.2, -0.15) is 0 Å². The molecule has 0 unspecified atom stereocenters. The average Bonchev–Trinajstić information content (AvgIpc) is 2.45. The van der Waals surface area contributed by atoms with Crippen LogP contribution in [0.2, 0.25) is 0 Å². The zero-order valence-electron chi connectivity index (χ0n) is 12.4. The van der Waals surface area contributed by atoms with E-state index < -0.39 is 5.97 Å². The summed E-state index contributed by atoms with van der Waals surface area (Å²) in [6.45, 7) is 3.40. The molecule has 1 fully saturated rings. The Hall–Kier alpha value is -1.84. The van der Waals surface area contributed by atoms with Crippen molar-refractivity contribution in [2.24, 2.45) is 5.41 Å². The molecule has 0 radical (unpaired) electrons. The van der Waals surface area contributed by atoms with Crippen molar-refractivity contribution in [1.82, 2.24) is 4.90 Å². The molecular weight excluding hydrogens is 266 g/mol. The number of fused-ring (bicyclic) bond motifs is 1. The topological polar surface area (TPSA) is 57.6 Å². The molecule has 0 spiro atoms. The van der Waals surface area contributed by atoms with Crippen LogP contribution in [0.4, 0.5) is 0 Å². The van der Waals surface area contributed by atoms with E-state index in [2.05, 4.69) is 6.92 Å². The summed E-state index contributed by atoms with van der Waals surface area (Å²) in [5, 5.41) is 9.10. The largest absolute Gasteiger partial charge is 0.478 e. The van der Waals surface area contributed by atoms with E-state index in [0.29, 0.717) is 12.1 Å². The van der Waals surface area contributed by atoms with E-state index in [1.165, 1.54) is 5.56 Å². The quantitative estimate of drug-likeness (QED) is 0.930. The highest BCUT2D eigenvalue weighted by Gasteiger charge is 2.44. The minimum Gasteiger partial charge on any atom is -0.478 e. The van der Waals surface area contributed by atoms with E-state index >= 15 is 0 Å². The van der Waals surface area contributed by atoms with Crippen molar-refractivity contribution in [2.45, 2.75) is 45.6 Å². The number of rotatable bonds is 3. The molecule has 4 heteroatoms. The lowest BCUT2D eigenvalue weighted by molar-refractivity contribution is -0.148. The second kappa shape index (κ2) is 5.17. The van der Waals surface area contributed by atoms with E-state index in [0.717, 1.165) is 44.2 Å². The van der Waals surface area contributed by atoms with Gasteiger partial charge in [-0.3, -0.25) is 4.79 Å². The Labute approximate surface area is 124 Å². The summed E-state index contributed by atoms with van der Waals surface area (Å²) >= 11 is 0. The van der Waals surface area contributed by atoms with Gasteiger partial charge in [-0.1, -0.05) is 19.4 Å². The van der Waals surface area contributed by atoms with Gasteiger partial charge in [0.1, 0.15) is 0 Å². The van der Waals surface area contributed by atoms with Gasteiger partial charge in [0.2, 0.25) is 5.91 Å². The minimum absolute atomic E-state index is 0.137. The first kappa shape index (κ1) is 14.1. The fourth-order valence-corrected chi connectivity index (χ4v) is 3.52. The zero-order chi connectivity index (χ0) is 15.0. The van der Waals surface area contributed by atoms with Crippen LogP contribution in [0, 0.1) is 5.41 Å². The van der Waals surface area contributed by atoms with Crippen molar-refractivity contribution >= 4 is 11.9 Å². The summed E-state index contributed by atoms with van der Waals surface area (Å²) in [6.07, 6.45) is 4.88. The van der Waals surface area contributed by atoms with E-state index in [-0.39, 0.29) is 11.3 Å².